The van der Waals surface area contributed by atoms with E-state index in [1.807, 2.05) is 13.0 Å². The summed E-state index contributed by atoms with van der Waals surface area (Å²) in [6.45, 7) is 5.07. The zero-order valence-electron chi connectivity index (χ0n) is 9.51. The lowest BCUT2D eigenvalue weighted by Crippen LogP contribution is -2.19. The molecule has 0 amide bonds. The van der Waals surface area contributed by atoms with Crippen molar-refractivity contribution in [3.8, 4) is 5.75 Å². The summed E-state index contributed by atoms with van der Waals surface area (Å²) >= 11 is 0. The van der Waals surface area contributed by atoms with E-state index in [1.54, 1.807) is 6.07 Å². The zero-order chi connectivity index (χ0) is 11.3. The van der Waals surface area contributed by atoms with E-state index >= 15 is 0 Å². The quantitative estimate of drug-likeness (QED) is 0.808. The van der Waals surface area contributed by atoms with Crippen LogP contribution in [0.4, 0.5) is 4.39 Å². The maximum Gasteiger partial charge on any atom is 0.165 e. The minimum Gasteiger partial charge on any atom is -0.494 e. The van der Waals surface area contributed by atoms with Crippen molar-refractivity contribution in [3.63, 3.8) is 0 Å². The third-order valence-corrected chi connectivity index (χ3v) is 2.38. The molecule has 1 N–H and O–H groups in total. The summed E-state index contributed by atoms with van der Waals surface area (Å²) in [7, 11) is 1.47. The minimum atomic E-state index is -0.305. The molecule has 0 spiro atoms. The lowest BCUT2D eigenvalue weighted by atomic mass is 10.1. The van der Waals surface area contributed by atoms with E-state index in [1.165, 1.54) is 13.2 Å². The molecular formula is C12H18FNO. The van der Waals surface area contributed by atoms with Gasteiger partial charge in [-0.25, -0.2) is 4.39 Å². The third-order valence-electron chi connectivity index (χ3n) is 2.38. The second kappa shape index (κ2) is 5.71. The van der Waals surface area contributed by atoms with E-state index in [-0.39, 0.29) is 11.9 Å². The lowest BCUT2D eigenvalue weighted by Gasteiger charge is -2.14. The Balaban J connectivity index is 2.73. The van der Waals surface area contributed by atoms with Crippen molar-refractivity contribution >= 4 is 0 Å². The highest BCUT2D eigenvalue weighted by atomic mass is 19.1. The van der Waals surface area contributed by atoms with E-state index in [4.69, 9.17) is 4.74 Å². The van der Waals surface area contributed by atoms with Crippen molar-refractivity contribution in [1.82, 2.24) is 5.32 Å². The molecule has 0 radical (unpaired) electrons. The Bertz CT molecular complexity index is 314. The fraction of sp³-hybridized carbons (Fsp3) is 0.500. The first kappa shape index (κ1) is 12.0. The van der Waals surface area contributed by atoms with Crippen LogP contribution in [0.3, 0.4) is 0 Å². The predicted molar refractivity (Wildman–Crippen MR) is 59.7 cm³/mol. The van der Waals surface area contributed by atoms with Gasteiger partial charge in [-0.1, -0.05) is 13.0 Å². The van der Waals surface area contributed by atoms with Crippen LogP contribution in [-0.4, -0.2) is 13.7 Å². The Morgan fingerprint density at radius 3 is 2.73 bits per heavy atom. The summed E-state index contributed by atoms with van der Waals surface area (Å²) in [6, 6.07) is 5.24. The largest absolute Gasteiger partial charge is 0.494 e. The van der Waals surface area contributed by atoms with Gasteiger partial charge < -0.3 is 10.1 Å². The van der Waals surface area contributed by atoms with Gasteiger partial charge in [0.25, 0.3) is 0 Å². The van der Waals surface area contributed by atoms with Gasteiger partial charge >= 0.3 is 0 Å². The highest BCUT2D eigenvalue weighted by Crippen LogP contribution is 2.21. The molecule has 0 aromatic heterocycles. The molecule has 0 saturated heterocycles. The molecule has 0 saturated carbocycles. The standard InChI is InChI=1S/C12H18FNO/c1-4-7-14-9(2)10-5-6-12(15-3)11(13)8-10/h5-6,8-9,14H,4,7H2,1-3H3/t9-/m0/s1. The average molecular weight is 211 g/mol. The van der Waals surface area contributed by atoms with E-state index in [0.29, 0.717) is 5.75 Å². The molecule has 0 unspecified atom stereocenters. The SMILES string of the molecule is CCCN[C@@H](C)c1ccc(OC)c(F)c1. The molecule has 0 heterocycles. The van der Waals surface area contributed by atoms with Gasteiger partial charge in [0.15, 0.2) is 11.6 Å². The van der Waals surface area contributed by atoms with E-state index < -0.39 is 0 Å². The van der Waals surface area contributed by atoms with E-state index in [0.717, 1.165) is 18.5 Å². The minimum absolute atomic E-state index is 0.172. The number of ether oxygens (including phenoxy) is 1. The van der Waals surface area contributed by atoms with Gasteiger partial charge in [-0.2, -0.15) is 0 Å². The molecule has 1 aromatic rings. The molecule has 1 aromatic carbocycles. The Hall–Kier alpha value is -1.09. The molecule has 15 heavy (non-hydrogen) atoms. The third kappa shape index (κ3) is 3.20. The van der Waals surface area contributed by atoms with Crippen LogP contribution in [-0.2, 0) is 0 Å². The normalized spacial score (nSPS) is 12.5. The van der Waals surface area contributed by atoms with Gasteiger partial charge in [0.05, 0.1) is 7.11 Å². The highest BCUT2D eigenvalue weighted by Gasteiger charge is 2.08. The van der Waals surface area contributed by atoms with Crippen molar-refractivity contribution in [3.05, 3.63) is 29.6 Å². The van der Waals surface area contributed by atoms with Crippen LogP contribution >= 0.6 is 0 Å². The molecule has 1 atom stereocenters. The van der Waals surface area contributed by atoms with E-state index in [2.05, 4.69) is 12.2 Å². The first-order valence-corrected chi connectivity index (χ1v) is 5.25. The molecule has 0 aliphatic rings. The maximum atomic E-state index is 13.4. The predicted octanol–water partition coefficient (Wildman–Crippen LogP) is 2.89. The van der Waals surface area contributed by atoms with Gasteiger partial charge in [0, 0.05) is 6.04 Å². The van der Waals surface area contributed by atoms with Crippen LogP contribution in [0.5, 0.6) is 5.75 Å². The van der Waals surface area contributed by atoms with Gasteiger partial charge in [-0.15, -0.1) is 0 Å². The van der Waals surface area contributed by atoms with Crippen molar-refractivity contribution in [1.29, 1.82) is 0 Å². The number of rotatable bonds is 5. The van der Waals surface area contributed by atoms with Gasteiger partial charge in [-0.05, 0) is 37.6 Å². The van der Waals surface area contributed by atoms with E-state index in [9.17, 15) is 4.39 Å². The van der Waals surface area contributed by atoms with Gasteiger partial charge in [-0.3, -0.25) is 0 Å². The summed E-state index contributed by atoms with van der Waals surface area (Å²) in [5.74, 6) is -0.0124. The van der Waals surface area contributed by atoms with Crippen LogP contribution in [0.15, 0.2) is 18.2 Å². The molecule has 0 aliphatic heterocycles. The zero-order valence-corrected chi connectivity index (χ0v) is 9.51. The van der Waals surface area contributed by atoms with Crippen LogP contribution in [0, 0.1) is 5.82 Å². The Labute approximate surface area is 90.4 Å². The van der Waals surface area contributed by atoms with Crippen LogP contribution in [0.1, 0.15) is 31.9 Å². The molecule has 3 heteroatoms. The van der Waals surface area contributed by atoms with Crippen molar-refractivity contribution in [2.45, 2.75) is 26.3 Å². The highest BCUT2D eigenvalue weighted by molar-refractivity contribution is 5.30. The van der Waals surface area contributed by atoms with Crippen LogP contribution in [0.2, 0.25) is 0 Å². The summed E-state index contributed by atoms with van der Waals surface area (Å²) in [6.07, 6.45) is 1.07. The molecule has 0 fully saturated rings. The Kier molecular flexibility index (Phi) is 4.56. The molecule has 0 aliphatic carbocycles. The second-order valence-corrected chi connectivity index (χ2v) is 3.57. The number of hydrogen-bond acceptors (Lipinski definition) is 2. The van der Waals surface area contributed by atoms with Crippen LogP contribution in [0.25, 0.3) is 0 Å². The monoisotopic (exact) mass is 211 g/mol. The lowest BCUT2D eigenvalue weighted by molar-refractivity contribution is 0.385. The van der Waals surface area contributed by atoms with Crippen molar-refractivity contribution < 1.29 is 9.13 Å². The number of methoxy groups -OCH3 is 1. The Morgan fingerprint density at radius 1 is 1.47 bits per heavy atom. The molecule has 0 bridgehead atoms. The average Bonchev–Trinajstić information content (AvgIpc) is 2.25. The second-order valence-electron chi connectivity index (χ2n) is 3.57. The smallest absolute Gasteiger partial charge is 0.165 e. The molecular weight excluding hydrogens is 193 g/mol. The van der Waals surface area contributed by atoms with Crippen molar-refractivity contribution in [2.24, 2.45) is 0 Å². The number of halogens is 1. The summed E-state index contributed by atoms with van der Waals surface area (Å²) < 4.78 is 18.2. The topological polar surface area (TPSA) is 21.3 Å². The summed E-state index contributed by atoms with van der Waals surface area (Å²) in [4.78, 5) is 0. The van der Waals surface area contributed by atoms with Gasteiger partial charge in [0.2, 0.25) is 0 Å². The fourth-order valence-corrected chi connectivity index (χ4v) is 1.43. The first-order chi connectivity index (χ1) is 7.19. The summed E-state index contributed by atoms with van der Waals surface area (Å²) in [5, 5.41) is 3.31. The number of hydrogen-bond donors (Lipinski definition) is 1. The maximum absolute atomic E-state index is 13.4. The number of benzene rings is 1. The summed E-state index contributed by atoms with van der Waals surface area (Å²) in [5.41, 5.74) is 0.946. The Morgan fingerprint density at radius 2 is 2.20 bits per heavy atom. The first-order valence-electron chi connectivity index (χ1n) is 5.25. The fourth-order valence-electron chi connectivity index (χ4n) is 1.43. The number of nitrogens with one attached hydrogen (secondary N) is 1. The molecule has 84 valence electrons. The molecule has 1 rings (SSSR count). The van der Waals surface area contributed by atoms with Crippen molar-refractivity contribution in [2.75, 3.05) is 13.7 Å². The van der Waals surface area contributed by atoms with Crippen LogP contribution < -0.4 is 10.1 Å². The van der Waals surface area contributed by atoms with Gasteiger partial charge in [0.1, 0.15) is 0 Å². The molecule has 2 nitrogen and oxygen atoms in total.